The average molecular weight is 394 g/mol. The minimum Gasteiger partial charge on any atom is -0.450 e. The molecule has 0 bridgehead atoms. The van der Waals surface area contributed by atoms with Gasteiger partial charge in [0.25, 0.3) is 0 Å². The summed E-state index contributed by atoms with van der Waals surface area (Å²) in [6.07, 6.45) is 4.26. The molecule has 1 aliphatic heterocycles. The molecule has 1 aromatic rings. The van der Waals surface area contributed by atoms with Gasteiger partial charge in [0.1, 0.15) is 0 Å². The molecule has 0 aromatic heterocycles. The molecule has 6 heteroatoms. The molecule has 0 atom stereocenters. The maximum absolute atomic E-state index is 11.2. The summed E-state index contributed by atoms with van der Waals surface area (Å²) in [7, 11) is 0. The van der Waals surface area contributed by atoms with Crippen LogP contribution in [-0.4, -0.2) is 62.6 Å². The number of nitrogens with one attached hydrogen (secondary N) is 1. The number of unbranched alkanes of at least 4 members (excludes halogenated alkanes) is 2. The normalized spacial score (nSPS) is 15.0. The Morgan fingerprint density at radius 2 is 1.89 bits per heavy atom. The zero-order valence-electron chi connectivity index (χ0n) is 16.9. The molecule has 1 heterocycles. The quantitative estimate of drug-likeness (QED) is 0.450. The number of benzene rings is 1. The van der Waals surface area contributed by atoms with Crippen molar-refractivity contribution in [3.63, 3.8) is 0 Å². The molecule has 1 saturated heterocycles. The van der Waals surface area contributed by atoms with Crippen LogP contribution < -0.4 is 10.2 Å². The zero-order chi connectivity index (χ0) is 19.3. The Hall–Kier alpha value is -1.40. The van der Waals surface area contributed by atoms with E-state index in [-0.39, 0.29) is 6.09 Å². The van der Waals surface area contributed by atoms with Crippen LogP contribution in [0.2, 0.25) is 0 Å². The van der Waals surface area contributed by atoms with Gasteiger partial charge in [0.2, 0.25) is 0 Å². The molecule has 1 N–H and O–H groups in total. The molecular formula is C21H35N3O2S. The minimum atomic E-state index is -0.300. The van der Waals surface area contributed by atoms with Crippen LogP contribution in [0.5, 0.6) is 0 Å². The predicted octanol–water partition coefficient (Wildman–Crippen LogP) is 4.23. The second-order valence-corrected chi connectivity index (χ2v) is 7.99. The third kappa shape index (κ3) is 8.01. The van der Waals surface area contributed by atoms with Crippen molar-refractivity contribution < 1.29 is 9.53 Å². The summed E-state index contributed by atoms with van der Waals surface area (Å²) in [6.45, 7) is 10.8. The second kappa shape index (κ2) is 12.9. The number of para-hydroxylation sites is 1. The summed E-state index contributed by atoms with van der Waals surface area (Å²) in [4.78, 5) is 17.7. The summed E-state index contributed by atoms with van der Waals surface area (Å²) in [6, 6.07) is 8.83. The van der Waals surface area contributed by atoms with Crippen LogP contribution in [-0.2, 0) is 4.74 Å². The Kier molecular flexibility index (Phi) is 10.5. The molecule has 1 aliphatic rings. The topological polar surface area (TPSA) is 44.8 Å². The van der Waals surface area contributed by atoms with Gasteiger partial charge in [0, 0.05) is 37.6 Å². The number of alkyl carbamates (subject to hydrolysis) is 1. The first-order chi connectivity index (χ1) is 13.2. The van der Waals surface area contributed by atoms with Crippen molar-refractivity contribution in [2.45, 2.75) is 44.4 Å². The van der Waals surface area contributed by atoms with Gasteiger partial charge in [-0.25, -0.2) is 4.79 Å². The number of hydrogen-bond acceptors (Lipinski definition) is 5. The SMILES string of the molecule is CCCSc1ccccc1N1CCN(CCCCCNC(=O)OCC)CC1. The fraction of sp³-hybridized carbons (Fsp3) is 0.667. The highest BCUT2D eigenvalue weighted by Crippen LogP contribution is 2.31. The van der Waals surface area contributed by atoms with Gasteiger partial charge >= 0.3 is 6.09 Å². The number of nitrogens with zero attached hydrogens (tertiary/aromatic N) is 2. The van der Waals surface area contributed by atoms with Crippen molar-refractivity contribution in [3.8, 4) is 0 Å². The molecule has 5 nitrogen and oxygen atoms in total. The number of anilines is 1. The maximum atomic E-state index is 11.2. The van der Waals surface area contributed by atoms with E-state index in [1.807, 2.05) is 18.7 Å². The largest absolute Gasteiger partial charge is 0.450 e. The van der Waals surface area contributed by atoms with E-state index < -0.39 is 0 Å². The van der Waals surface area contributed by atoms with Crippen LogP contribution in [0.4, 0.5) is 10.5 Å². The van der Waals surface area contributed by atoms with E-state index in [1.165, 1.54) is 29.2 Å². The van der Waals surface area contributed by atoms with Gasteiger partial charge in [0.05, 0.1) is 12.3 Å². The third-order valence-corrected chi connectivity index (χ3v) is 6.00. The Morgan fingerprint density at radius 3 is 2.63 bits per heavy atom. The van der Waals surface area contributed by atoms with Crippen molar-refractivity contribution in [2.75, 3.05) is 56.5 Å². The standard InChI is InChI=1S/C21H35N3O2S/c1-3-18-27-20-11-7-6-10-19(20)24-16-14-23(15-17-24)13-9-5-8-12-22-21(25)26-4-2/h6-7,10-11H,3-5,8-9,12-18H2,1-2H3,(H,22,25). The van der Waals surface area contributed by atoms with E-state index in [4.69, 9.17) is 4.74 Å². The van der Waals surface area contributed by atoms with E-state index in [0.29, 0.717) is 13.2 Å². The van der Waals surface area contributed by atoms with Crippen molar-refractivity contribution in [1.82, 2.24) is 10.2 Å². The molecule has 1 fully saturated rings. The lowest BCUT2D eigenvalue weighted by atomic mass is 10.2. The van der Waals surface area contributed by atoms with Gasteiger partial charge in [-0.2, -0.15) is 0 Å². The summed E-state index contributed by atoms with van der Waals surface area (Å²) < 4.78 is 4.86. The molecule has 0 radical (unpaired) electrons. The van der Waals surface area contributed by atoms with Crippen LogP contribution in [0.25, 0.3) is 0 Å². The highest BCUT2D eigenvalue weighted by Gasteiger charge is 2.18. The molecule has 27 heavy (non-hydrogen) atoms. The fourth-order valence-corrected chi connectivity index (χ4v) is 4.22. The molecule has 2 rings (SSSR count). The smallest absolute Gasteiger partial charge is 0.407 e. The lowest BCUT2D eigenvalue weighted by Crippen LogP contribution is -2.46. The second-order valence-electron chi connectivity index (χ2n) is 6.85. The van der Waals surface area contributed by atoms with Crippen LogP contribution in [0, 0.1) is 0 Å². The Morgan fingerprint density at radius 1 is 1.11 bits per heavy atom. The van der Waals surface area contributed by atoms with Gasteiger partial charge in [-0.15, -0.1) is 11.8 Å². The first-order valence-corrected chi connectivity index (χ1v) is 11.3. The minimum absolute atomic E-state index is 0.300. The molecule has 1 amide bonds. The first-order valence-electron chi connectivity index (χ1n) is 10.3. The molecule has 1 aromatic carbocycles. The Bertz CT molecular complexity index is 548. The molecule has 0 spiro atoms. The lowest BCUT2D eigenvalue weighted by Gasteiger charge is -2.37. The molecule has 0 saturated carbocycles. The van der Waals surface area contributed by atoms with Gasteiger partial charge in [0.15, 0.2) is 0 Å². The van der Waals surface area contributed by atoms with E-state index in [9.17, 15) is 4.79 Å². The molecule has 152 valence electrons. The lowest BCUT2D eigenvalue weighted by molar-refractivity contribution is 0.152. The molecule has 0 aliphatic carbocycles. The van der Waals surface area contributed by atoms with Crippen molar-refractivity contribution >= 4 is 23.5 Å². The van der Waals surface area contributed by atoms with Crippen molar-refractivity contribution in [1.29, 1.82) is 0 Å². The van der Waals surface area contributed by atoms with Crippen molar-refractivity contribution in [2.24, 2.45) is 0 Å². The van der Waals surface area contributed by atoms with E-state index in [2.05, 4.69) is 46.3 Å². The molecule has 0 unspecified atom stereocenters. The predicted molar refractivity (Wildman–Crippen MR) is 115 cm³/mol. The monoisotopic (exact) mass is 393 g/mol. The zero-order valence-corrected chi connectivity index (χ0v) is 17.7. The van der Waals surface area contributed by atoms with Crippen LogP contribution >= 0.6 is 11.8 Å². The van der Waals surface area contributed by atoms with E-state index >= 15 is 0 Å². The highest BCUT2D eigenvalue weighted by molar-refractivity contribution is 7.99. The van der Waals surface area contributed by atoms with Gasteiger partial charge in [-0.3, -0.25) is 4.90 Å². The van der Waals surface area contributed by atoms with E-state index in [0.717, 1.165) is 45.6 Å². The number of thioether (sulfide) groups is 1. The summed E-state index contributed by atoms with van der Waals surface area (Å²) in [5.74, 6) is 1.18. The Labute approximate surface area is 168 Å². The number of carbonyl (C=O) groups is 1. The van der Waals surface area contributed by atoms with Crippen LogP contribution in [0.1, 0.15) is 39.5 Å². The third-order valence-electron chi connectivity index (χ3n) is 4.74. The number of ether oxygens (including phenoxy) is 1. The summed E-state index contributed by atoms with van der Waals surface area (Å²) in [5, 5.41) is 2.78. The Balaban J connectivity index is 1.62. The van der Waals surface area contributed by atoms with E-state index in [1.54, 1.807) is 0 Å². The summed E-state index contributed by atoms with van der Waals surface area (Å²) in [5.41, 5.74) is 1.40. The van der Waals surface area contributed by atoms with Gasteiger partial charge in [-0.1, -0.05) is 25.5 Å². The number of hydrogen-bond donors (Lipinski definition) is 1. The number of rotatable bonds is 11. The highest BCUT2D eigenvalue weighted by atomic mass is 32.2. The number of carbonyl (C=O) groups excluding carboxylic acids is 1. The van der Waals surface area contributed by atoms with Crippen LogP contribution in [0.15, 0.2) is 29.2 Å². The first kappa shape index (κ1) is 21.9. The van der Waals surface area contributed by atoms with Crippen LogP contribution in [0.3, 0.4) is 0 Å². The summed E-state index contributed by atoms with van der Waals surface area (Å²) >= 11 is 1.97. The van der Waals surface area contributed by atoms with Crippen molar-refractivity contribution in [3.05, 3.63) is 24.3 Å². The maximum Gasteiger partial charge on any atom is 0.407 e. The fourth-order valence-electron chi connectivity index (χ4n) is 3.27. The number of amides is 1. The number of piperazine rings is 1. The van der Waals surface area contributed by atoms with Gasteiger partial charge in [-0.05, 0) is 50.6 Å². The molecular weight excluding hydrogens is 358 g/mol. The van der Waals surface area contributed by atoms with Gasteiger partial charge < -0.3 is 15.0 Å². The average Bonchev–Trinajstić information content (AvgIpc) is 2.70.